The van der Waals surface area contributed by atoms with Gasteiger partial charge in [0.1, 0.15) is 6.26 Å². The molecule has 2 aromatic heterocycles. The number of nitrogens with zero attached hydrogens (tertiary/aromatic N) is 4. The molecule has 3 rings (SSSR count). The highest BCUT2D eigenvalue weighted by molar-refractivity contribution is 5.79. The molecule has 0 radical (unpaired) electrons. The highest BCUT2D eigenvalue weighted by Crippen LogP contribution is 2.17. The number of aliphatic imine (C=N–C) groups is 1. The average molecular weight is 382 g/mol. The minimum absolute atomic E-state index is 0.276. The van der Waals surface area contributed by atoms with Gasteiger partial charge in [-0.15, -0.1) is 0 Å². The van der Waals surface area contributed by atoms with Crippen LogP contribution in [0.5, 0.6) is 0 Å². The summed E-state index contributed by atoms with van der Waals surface area (Å²) in [5.74, 6) is 3.02. The van der Waals surface area contributed by atoms with Crippen molar-refractivity contribution in [1.82, 2.24) is 25.8 Å². The Morgan fingerprint density at radius 3 is 2.68 bits per heavy atom. The Kier molecular flexibility index (Phi) is 6.78. The van der Waals surface area contributed by atoms with Gasteiger partial charge in [-0.05, 0) is 18.6 Å². The molecule has 0 saturated heterocycles. The summed E-state index contributed by atoms with van der Waals surface area (Å²) in [6.07, 6.45) is 3.25. The SMILES string of the molecule is CN=C(NCCCc1nc(C(C)C)no1)NCc1coc(-c2ccccc2)n1. The van der Waals surface area contributed by atoms with Crippen molar-refractivity contribution in [3.63, 3.8) is 0 Å². The van der Waals surface area contributed by atoms with Crippen LogP contribution in [-0.4, -0.2) is 34.7 Å². The molecule has 2 heterocycles. The normalized spacial score (nSPS) is 11.8. The van der Waals surface area contributed by atoms with Crippen LogP contribution < -0.4 is 10.6 Å². The monoisotopic (exact) mass is 382 g/mol. The van der Waals surface area contributed by atoms with E-state index in [4.69, 9.17) is 8.94 Å². The van der Waals surface area contributed by atoms with Crippen LogP contribution in [-0.2, 0) is 13.0 Å². The topological polar surface area (TPSA) is 101 Å². The molecule has 0 bridgehead atoms. The Hall–Kier alpha value is -3.16. The van der Waals surface area contributed by atoms with E-state index in [9.17, 15) is 0 Å². The third-order valence-corrected chi connectivity index (χ3v) is 4.09. The molecular formula is C20H26N6O2. The fourth-order valence-corrected chi connectivity index (χ4v) is 2.55. The maximum absolute atomic E-state index is 5.55. The van der Waals surface area contributed by atoms with Gasteiger partial charge in [0.05, 0.1) is 12.2 Å². The first-order valence-corrected chi connectivity index (χ1v) is 9.42. The Morgan fingerprint density at radius 1 is 1.14 bits per heavy atom. The van der Waals surface area contributed by atoms with Crippen molar-refractivity contribution in [2.75, 3.05) is 13.6 Å². The third-order valence-electron chi connectivity index (χ3n) is 4.09. The zero-order chi connectivity index (χ0) is 19.8. The molecule has 2 N–H and O–H groups in total. The highest BCUT2D eigenvalue weighted by Gasteiger charge is 2.10. The predicted octanol–water partition coefficient (Wildman–Crippen LogP) is 3.15. The van der Waals surface area contributed by atoms with Gasteiger partial charge < -0.3 is 19.6 Å². The molecule has 0 aliphatic heterocycles. The van der Waals surface area contributed by atoms with Crippen molar-refractivity contribution in [3.05, 3.63) is 54.0 Å². The Labute approximate surface area is 164 Å². The lowest BCUT2D eigenvalue weighted by atomic mass is 10.2. The van der Waals surface area contributed by atoms with Crippen LogP contribution in [0.2, 0.25) is 0 Å². The number of oxazole rings is 1. The summed E-state index contributed by atoms with van der Waals surface area (Å²) in [5.41, 5.74) is 1.77. The largest absolute Gasteiger partial charge is 0.444 e. The number of hydrogen-bond donors (Lipinski definition) is 2. The molecule has 8 heteroatoms. The van der Waals surface area contributed by atoms with Crippen molar-refractivity contribution in [3.8, 4) is 11.5 Å². The summed E-state index contributed by atoms with van der Waals surface area (Å²) in [4.78, 5) is 13.1. The van der Waals surface area contributed by atoms with Gasteiger partial charge in [-0.2, -0.15) is 4.98 Å². The van der Waals surface area contributed by atoms with Crippen LogP contribution in [0, 0.1) is 0 Å². The van der Waals surface area contributed by atoms with Crippen LogP contribution in [0.1, 0.15) is 43.6 Å². The van der Waals surface area contributed by atoms with E-state index in [1.807, 2.05) is 44.2 Å². The van der Waals surface area contributed by atoms with Gasteiger partial charge >= 0.3 is 0 Å². The van der Waals surface area contributed by atoms with Gasteiger partial charge in [0.25, 0.3) is 0 Å². The maximum Gasteiger partial charge on any atom is 0.226 e. The van der Waals surface area contributed by atoms with Crippen LogP contribution in [0.3, 0.4) is 0 Å². The second kappa shape index (κ2) is 9.68. The van der Waals surface area contributed by atoms with E-state index >= 15 is 0 Å². The number of benzene rings is 1. The second-order valence-electron chi connectivity index (χ2n) is 6.67. The van der Waals surface area contributed by atoms with Crippen LogP contribution >= 0.6 is 0 Å². The minimum atomic E-state index is 0.276. The van der Waals surface area contributed by atoms with E-state index in [0.717, 1.165) is 36.5 Å². The van der Waals surface area contributed by atoms with Gasteiger partial charge in [0.15, 0.2) is 11.8 Å². The summed E-state index contributed by atoms with van der Waals surface area (Å²) >= 11 is 0. The molecule has 0 aliphatic rings. The zero-order valence-electron chi connectivity index (χ0n) is 16.5. The van der Waals surface area contributed by atoms with Crippen molar-refractivity contribution in [1.29, 1.82) is 0 Å². The average Bonchev–Trinajstić information content (AvgIpc) is 3.38. The van der Waals surface area contributed by atoms with E-state index in [1.54, 1.807) is 13.3 Å². The van der Waals surface area contributed by atoms with E-state index in [2.05, 4.69) is 30.8 Å². The molecule has 0 fully saturated rings. The number of rotatable bonds is 8. The Morgan fingerprint density at radius 2 is 1.96 bits per heavy atom. The lowest BCUT2D eigenvalue weighted by molar-refractivity contribution is 0.368. The smallest absolute Gasteiger partial charge is 0.226 e. The molecule has 8 nitrogen and oxygen atoms in total. The maximum atomic E-state index is 5.55. The Balaban J connectivity index is 1.40. The first-order chi connectivity index (χ1) is 13.7. The standard InChI is InChI=1S/C20H26N6O2/c1-14(2)18-25-17(28-26-18)10-7-11-22-20(21-3)23-12-16-13-27-19(24-16)15-8-5-4-6-9-15/h4-6,8-9,13-14H,7,10-12H2,1-3H3,(H2,21,22,23). The summed E-state index contributed by atoms with van der Waals surface area (Å²) in [5, 5.41) is 10.5. The molecular weight excluding hydrogens is 356 g/mol. The van der Waals surface area contributed by atoms with E-state index in [0.29, 0.717) is 24.3 Å². The summed E-state index contributed by atoms with van der Waals surface area (Å²) < 4.78 is 10.8. The van der Waals surface area contributed by atoms with Crippen LogP contribution in [0.15, 0.2) is 50.5 Å². The molecule has 0 saturated carbocycles. The lowest BCUT2D eigenvalue weighted by Gasteiger charge is -2.10. The Bertz CT molecular complexity index is 885. The van der Waals surface area contributed by atoms with Gasteiger partial charge in [-0.3, -0.25) is 4.99 Å². The van der Waals surface area contributed by atoms with Crippen molar-refractivity contribution in [2.45, 2.75) is 39.2 Å². The number of aromatic nitrogens is 3. The third kappa shape index (κ3) is 5.42. The summed E-state index contributed by atoms with van der Waals surface area (Å²) in [7, 11) is 1.74. The predicted molar refractivity (Wildman–Crippen MR) is 107 cm³/mol. The first kappa shape index (κ1) is 19.6. The van der Waals surface area contributed by atoms with Gasteiger partial charge in [-0.1, -0.05) is 37.2 Å². The molecule has 0 atom stereocenters. The quantitative estimate of drug-likeness (QED) is 0.350. The fourth-order valence-electron chi connectivity index (χ4n) is 2.55. The summed E-state index contributed by atoms with van der Waals surface area (Å²) in [6, 6.07) is 9.82. The van der Waals surface area contributed by atoms with Gasteiger partial charge in [-0.25, -0.2) is 4.98 Å². The number of hydrogen-bond acceptors (Lipinski definition) is 6. The number of guanidine groups is 1. The molecule has 0 aliphatic carbocycles. The fraction of sp³-hybridized carbons (Fsp3) is 0.400. The van der Waals surface area contributed by atoms with Gasteiger partial charge in [0, 0.05) is 31.5 Å². The second-order valence-corrected chi connectivity index (χ2v) is 6.67. The van der Waals surface area contributed by atoms with Gasteiger partial charge in [0.2, 0.25) is 11.8 Å². The molecule has 148 valence electrons. The van der Waals surface area contributed by atoms with Crippen molar-refractivity contribution < 1.29 is 8.94 Å². The molecule has 1 aromatic carbocycles. The zero-order valence-corrected chi connectivity index (χ0v) is 16.5. The van der Waals surface area contributed by atoms with Crippen molar-refractivity contribution >= 4 is 5.96 Å². The van der Waals surface area contributed by atoms with Crippen molar-refractivity contribution in [2.24, 2.45) is 4.99 Å². The molecule has 28 heavy (non-hydrogen) atoms. The first-order valence-electron chi connectivity index (χ1n) is 9.42. The van der Waals surface area contributed by atoms with E-state index in [1.165, 1.54) is 0 Å². The van der Waals surface area contributed by atoms with Crippen LogP contribution in [0.4, 0.5) is 0 Å². The lowest BCUT2D eigenvalue weighted by Crippen LogP contribution is -2.37. The van der Waals surface area contributed by atoms with E-state index < -0.39 is 0 Å². The van der Waals surface area contributed by atoms with Crippen LogP contribution in [0.25, 0.3) is 11.5 Å². The molecule has 0 unspecified atom stereocenters. The minimum Gasteiger partial charge on any atom is -0.444 e. The molecule has 3 aromatic rings. The molecule has 0 amide bonds. The molecule has 0 spiro atoms. The summed E-state index contributed by atoms with van der Waals surface area (Å²) in [6.45, 7) is 5.36. The van der Waals surface area contributed by atoms with E-state index in [-0.39, 0.29) is 5.92 Å². The highest BCUT2D eigenvalue weighted by atomic mass is 16.5. The number of aryl methyl sites for hydroxylation is 1. The number of nitrogens with one attached hydrogen (secondary N) is 2.